The molecule has 0 aliphatic heterocycles. The molecule has 7 nitrogen and oxygen atoms in total. The first-order valence-electron chi connectivity index (χ1n) is 9.55. The molecule has 1 aromatic heterocycles. The fourth-order valence-corrected chi connectivity index (χ4v) is 3.35. The minimum Gasteiger partial charge on any atom is -0.487 e. The minimum atomic E-state index is -0.809. The van der Waals surface area contributed by atoms with Gasteiger partial charge in [0.25, 0.3) is 5.95 Å². The van der Waals surface area contributed by atoms with Crippen molar-refractivity contribution in [3.63, 3.8) is 0 Å². The minimum absolute atomic E-state index is 0.0796. The summed E-state index contributed by atoms with van der Waals surface area (Å²) >= 11 is 9.90. The molecule has 0 radical (unpaired) electrons. The Morgan fingerprint density at radius 2 is 1.94 bits per heavy atom. The highest BCUT2D eigenvalue weighted by molar-refractivity contribution is 7.74. The Morgan fingerprint density at radius 3 is 2.56 bits per heavy atom. The van der Waals surface area contributed by atoms with Gasteiger partial charge in [0.05, 0.1) is 16.3 Å². The van der Waals surface area contributed by atoms with Crippen molar-refractivity contribution < 1.29 is 18.5 Å². The van der Waals surface area contributed by atoms with Crippen molar-refractivity contribution >= 4 is 30.4 Å². The summed E-state index contributed by atoms with van der Waals surface area (Å²) in [5.74, 6) is 0.125. The van der Waals surface area contributed by atoms with Crippen molar-refractivity contribution in [2.45, 2.75) is 25.9 Å². The molecular formula is C22H22ClFN5O2S+. The summed E-state index contributed by atoms with van der Waals surface area (Å²) in [4.78, 5) is 8.28. The van der Waals surface area contributed by atoms with Gasteiger partial charge in [-0.25, -0.2) is 14.4 Å². The van der Waals surface area contributed by atoms with Crippen LogP contribution in [0.4, 0.5) is 10.3 Å². The third-order valence-corrected chi connectivity index (χ3v) is 5.23. The average molecular weight is 475 g/mol. The van der Waals surface area contributed by atoms with Crippen molar-refractivity contribution in [3.05, 3.63) is 81.9 Å². The van der Waals surface area contributed by atoms with Crippen LogP contribution in [0.3, 0.4) is 0 Å². The topological polar surface area (TPSA) is 91.1 Å². The standard InChI is InChI=1S/C22H22ClFN5O2S/c1-22(2,16-10-14(12-25)20(24)19(23)11-16)15-4-6-18(7-5-15)31-13-17-8-9-26-21(27-17)28-29(3,30)32/h4-11,30,32H,13H2,1-3H3,(H,26,27,28)/q+1. The average Bonchev–Trinajstić information content (AvgIpc) is 2.73. The molecular weight excluding hydrogens is 453 g/mol. The van der Waals surface area contributed by atoms with Crippen LogP contribution in [0.1, 0.15) is 36.2 Å². The Hall–Kier alpha value is -2.90. The van der Waals surface area contributed by atoms with E-state index in [9.17, 15) is 14.9 Å². The number of ether oxygens (including phenoxy) is 1. The van der Waals surface area contributed by atoms with E-state index in [0.29, 0.717) is 11.4 Å². The Balaban J connectivity index is 1.74. The van der Waals surface area contributed by atoms with Crippen molar-refractivity contribution in [1.82, 2.24) is 9.97 Å². The normalized spacial score (nSPS) is 13.2. The second kappa shape index (κ2) is 9.30. The van der Waals surface area contributed by atoms with E-state index in [1.165, 1.54) is 13.1 Å². The summed E-state index contributed by atoms with van der Waals surface area (Å²) in [7, 11) is 1.40. The van der Waals surface area contributed by atoms with Crippen LogP contribution in [0, 0.1) is 17.1 Å². The van der Waals surface area contributed by atoms with Crippen LogP contribution < -0.4 is 10.2 Å². The Bertz CT molecular complexity index is 1160. The quantitative estimate of drug-likeness (QED) is 0.252. The third-order valence-electron chi connectivity index (χ3n) is 4.86. The molecule has 0 saturated carbocycles. The van der Waals surface area contributed by atoms with Crippen molar-refractivity contribution in [1.29, 1.82) is 5.26 Å². The zero-order valence-electron chi connectivity index (χ0n) is 17.7. The molecule has 0 aliphatic carbocycles. The van der Waals surface area contributed by atoms with Crippen LogP contribution in [0.15, 0.2) is 48.7 Å². The van der Waals surface area contributed by atoms with E-state index in [2.05, 4.69) is 28.2 Å². The SMILES string of the molecule is CC(C)(c1ccc(OCc2ccnc(N[N+](C)(O)S)n2)cc1)c1cc(Cl)c(F)c(C#N)c1. The molecule has 3 rings (SSSR count). The number of nitriles is 1. The summed E-state index contributed by atoms with van der Waals surface area (Å²) < 4.78 is 18.9. The number of quaternary nitrogens is 1. The second-order valence-corrected chi connectivity index (χ2v) is 8.95. The molecule has 0 bridgehead atoms. The van der Waals surface area contributed by atoms with E-state index in [-0.39, 0.29) is 23.1 Å². The Kier molecular flexibility index (Phi) is 6.91. The smallest absolute Gasteiger partial charge is 0.273 e. The van der Waals surface area contributed by atoms with E-state index in [1.807, 2.05) is 44.2 Å². The van der Waals surface area contributed by atoms with Gasteiger partial charge in [-0.15, -0.1) is 0 Å². The molecule has 2 aromatic carbocycles. The monoisotopic (exact) mass is 474 g/mol. The molecule has 166 valence electrons. The number of thiol groups is 1. The van der Waals surface area contributed by atoms with Crippen LogP contribution in [0.5, 0.6) is 5.75 Å². The van der Waals surface area contributed by atoms with Crippen molar-refractivity contribution in [2.75, 3.05) is 12.5 Å². The summed E-state index contributed by atoms with van der Waals surface area (Å²) in [5.41, 5.74) is 4.28. The lowest BCUT2D eigenvalue weighted by Crippen LogP contribution is -2.36. The highest BCUT2D eigenvalue weighted by Gasteiger charge is 2.25. The first-order chi connectivity index (χ1) is 15.0. The van der Waals surface area contributed by atoms with E-state index in [4.69, 9.17) is 16.3 Å². The fraction of sp³-hybridized carbons (Fsp3) is 0.227. The first kappa shape index (κ1) is 23.8. The van der Waals surface area contributed by atoms with Crippen LogP contribution >= 0.6 is 24.4 Å². The highest BCUT2D eigenvalue weighted by atomic mass is 35.5. The molecule has 0 fully saturated rings. The zero-order chi connectivity index (χ0) is 23.5. The molecule has 0 aliphatic rings. The number of aromatic nitrogens is 2. The van der Waals surface area contributed by atoms with Crippen molar-refractivity contribution in [2.24, 2.45) is 0 Å². The summed E-state index contributed by atoms with van der Waals surface area (Å²) in [6.07, 6.45) is 1.55. The Labute approximate surface area is 196 Å². The number of benzene rings is 2. The van der Waals surface area contributed by atoms with Gasteiger partial charge in [-0.2, -0.15) is 15.9 Å². The van der Waals surface area contributed by atoms with Gasteiger partial charge in [0, 0.05) is 11.6 Å². The summed E-state index contributed by atoms with van der Waals surface area (Å²) in [5, 5.41) is 18.7. The van der Waals surface area contributed by atoms with E-state index in [0.717, 1.165) is 11.1 Å². The molecule has 1 heterocycles. The van der Waals surface area contributed by atoms with Gasteiger partial charge >= 0.3 is 0 Å². The predicted octanol–water partition coefficient (Wildman–Crippen LogP) is 5.05. The molecule has 10 heteroatoms. The molecule has 2 N–H and O–H groups in total. The number of nitrogens with zero attached hydrogens (tertiary/aromatic N) is 4. The molecule has 1 unspecified atom stereocenters. The third kappa shape index (κ3) is 5.66. The largest absolute Gasteiger partial charge is 0.487 e. The second-order valence-electron chi connectivity index (χ2n) is 7.77. The van der Waals surface area contributed by atoms with Crippen LogP contribution in [-0.4, -0.2) is 26.4 Å². The Morgan fingerprint density at radius 1 is 1.25 bits per heavy atom. The summed E-state index contributed by atoms with van der Waals surface area (Å²) in [6.45, 7) is 4.14. The summed E-state index contributed by atoms with van der Waals surface area (Å²) in [6, 6.07) is 14.1. The molecule has 3 aromatic rings. The van der Waals surface area contributed by atoms with Gasteiger partial charge < -0.3 is 4.74 Å². The molecule has 0 amide bonds. The van der Waals surface area contributed by atoms with Gasteiger partial charge in [0.15, 0.2) is 5.82 Å². The van der Waals surface area contributed by atoms with E-state index >= 15 is 0 Å². The van der Waals surface area contributed by atoms with Gasteiger partial charge in [0.1, 0.15) is 38.3 Å². The maximum absolute atomic E-state index is 14.0. The fourth-order valence-electron chi connectivity index (χ4n) is 3.04. The number of hydrogen-bond acceptors (Lipinski definition) is 7. The predicted molar refractivity (Wildman–Crippen MR) is 122 cm³/mol. The number of halogens is 2. The van der Waals surface area contributed by atoms with E-state index in [1.54, 1.807) is 18.3 Å². The molecule has 32 heavy (non-hydrogen) atoms. The lowest BCUT2D eigenvalue weighted by atomic mass is 9.77. The van der Waals surface area contributed by atoms with Crippen LogP contribution in [0.2, 0.25) is 5.02 Å². The maximum atomic E-state index is 14.0. The molecule has 1 atom stereocenters. The van der Waals surface area contributed by atoms with Gasteiger partial charge in [0.2, 0.25) is 0 Å². The molecule has 0 saturated heterocycles. The van der Waals surface area contributed by atoms with Crippen LogP contribution in [0.25, 0.3) is 0 Å². The zero-order valence-corrected chi connectivity index (χ0v) is 19.3. The van der Waals surface area contributed by atoms with Gasteiger partial charge in [-0.05, 0) is 45.6 Å². The number of hydrogen-bond donors (Lipinski definition) is 3. The highest BCUT2D eigenvalue weighted by Crippen LogP contribution is 2.35. The van der Waals surface area contributed by atoms with Crippen molar-refractivity contribution in [3.8, 4) is 11.8 Å². The maximum Gasteiger partial charge on any atom is 0.273 e. The number of hydroxylamine groups is 1. The number of rotatable bonds is 7. The lowest BCUT2D eigenvalue weighted by molar-refractivity contribution is -0.955. The van der Waals surface area contributed by atoms with Crippen LogP contribution in [-0.2, 0) is 12.0 Å². The number of nitrogens with one attached hydrogen (secondary N) is 1. The van der Waals surface area contributed by atoms with E-state index < -0.39 is 15.4 Å². The number of anilines is 1. The van der Waals surface area contributed by atoms with Gasteiger partial charge in [-0.1, -0.05) is 37.6 Å². The lowest BCUT2D eigenvalue weighted by Gasteiger charge is -2.27. The molecule has 0 spiro atoms. The first-order valence-corrected chi connectivity index (χ1v) is 10.3. The van der Waals surface area contributed by atoms with Gasteiger partial charge in [-0.3, -0.25) is 0 Å².